The van der Waals surface area contributed by atoms with Gasteiger partial charge in [-0.15, -0.1) is 0 Å². The average Bonchev–Trinajstić information content (AvgIpc) is 0. The van der Waals surface area contributed by atoms with Crippen molar-refractivity contribution < 1.29 is 167 Å². The molecule has 0 saturated heterocycles. The summed E-state index contributed by atoms with van der Waals surface area (Å²) < 4.78 is 0. The van der Waals surface area contributed by atoms with Gasteiger partial charge in [0.1, 0.15) is 0 Å². The van der Waals surface area contributed by atoms with Crippen molar-refractivity contribution in [3.8, 4) is 0 Å². The van der Waals surface area contributed by atoms with Crippen molar-refractivity contribution >= 4 is 0 Å². The summed E-state index contributed by atoms with van der Waals surface area (Å²) in [6.45, 7) is 0. The van der Waals surface area contributed by atoms with Crippen LogP contribution in [0.2, 0.25) is 0 Å². The molecule has 0 saturated carbocycles. The van der Waals surface area contributed by atoms with Crippen LogP contribution in [0.4, 0.5) is 0 Å². The Morgan fingerprint density at radius 2 is 0.667 bits per heavy atom. The van der Waals surface area contributed by atoms with Crippen molar-refractivity contribution in [2.24, 2.45) is 0 Å². The van der Waals surface area contributed by atoms with E-state index in [4.69, 9.17) is 0 Å². The Labute approximate surface area is 162 Å². The molecule has 0 aliphatic heterocycles. The zero-order chi connectivity index (χ0) is 0. The zero-order valence-corrected chi connectivity index (χ0v) is 17.6. The summed E-state index contributed by atoms with van der Waals surface area (Å²) in [5, 5.41) is 0. The largest absolute Gasteiger partial charge is 4.00 e. The molecule has 0 radical (unpaired) electrons. The van der Waals surface area contributed by atoms with Gasteiger partial charge in [-0.2, -0.15) is 0 Å². The van der Waals surface area contributed by atoms with E-state index in [1.54, 1.807) is 0 Å². The van der Waals surface area contributed by atoms with E-state index in [-0.39, 0.29) is 167 Å². The van der Waals surface area contributed by atoms with Crippen molar-refractivity contribution in [2.75, 3.05) is 0 Å². The van der Waals surface area contributed by atoms with Crippen molar-refractivity contribution in [1.29, 1.82) is 0 Å². The maximum atomic E-state index is 0. The molecule has 0 rings (SSSR count). The summed E-state index contributed by atoms with van der Waals surface area (Å²) in [6, 6.07) is 0. The summed E-state index contributed by atoms with van der Waals surface area (Å²) in [6.07, 6.45) is 0. The van der Waals surface area contributed by atoms with Crippen molar-refractivity contribution in [3.05, 3.63) is 0 Å². The first-order valence-corrected chi connectivity index (χ1v) is 0. The minimum atomic E-state index is 0. The number of hydrogen-bond donors (Lipinski definition) is 0. The second-order valence-electron chi connectivity index (χ2n) is 0. The van der Waals surface area contributed by atoms with Crippen LogP contribution >= 0.6 is 0 Å². The molecule has 0 aromatic rings. The minimum absolute atomic E-state index is 0. The van der Waals surface area contributed by atoms with E-state index < -0.39 is 0 Å². The summed E-state index contributed by atoms with van der Waals surface area (Å²) in [5.74, 6) is 0. The zero-order valence-electron chi connectivity index (χ0n) is 3.21. The quantitative estimate of drug-likeness (QED) is 0.176. The minimum Gasteiger partial charge on any atom is -1.00 e. The topological polar surface area (TPSA) is 0 Å². The Hall–Kier alpha value is 5.38. The fourth-order valence-corrected chi connectivity index (χ4v) is 0. The van der Waals surface area contributed by atoms with Crippen LogP contribution < -0.4 is 101 Å². The third-order valence-corrected chi connectivity index (χ3v) is 0. The van der Waals surface area contributed by atoms with E-state index >= 15 is 0 Å². The smallest absolute Gasteiger partial charge is 1.00 e. The van der Waals surface area contributed by atoms with Crippen LogP contribution in [0.25, 0.3) is 0 Å². The van der Waals surface area contributed by atoms with Crippen LogP contribution in [0, 0.1) is 39.9 Å². The maximum Gasteiger partial charge on any atom is 4.00 e. The molecule has 6 heavy (non-hydrogen) atoms. The molecule has 0 amide bonds. The van der Waals surface area contributed by atoms with E-state index in [0.717, 1.165) is 0 Å². The standard InChI is InChI=1S/3HI.Na.Sc.Th/h3*1H;;;/q;;;+1;+3;+4/p-3. The summed E-state index contributed by atoms with van der Waals surface area (Å²) in [4.78, 5) is 0. The molecule has 0 atom stereocenters. The van der Waals surface area contributed by atoms with Gasteiger partial charge in [0.2, 0.25) is 0 Å². The van der Waals surface area contributed by atoms with Gasteiger partial charge in [0.15, 0.2) is 0 Å². The van der Waals surface area contributed by atoms with Gasteiger partial charge in [0, 0.05) is 0 Å². The Morgan fingerprint density at radius 3 is 0.667 bits per heavy atom. The molecular weight excluding hydrogens is 681 g/mol. The summed E-state index contributed by atoms with van der Waals surface area (Å²) in [7, 11) is 0. The molecular formula is I3NaScTh+5. The van der Waals surface area contributed by atoms with E-state index in [1.807, 2.05) is 0 Å². The predicted octanol–water partition coefficient (Wildman–Crippen LogP) is -12.0. The van der Waals surface area contributed by atoms with Gasteiger partial charge in [-0.25, -0.2) is 0 Å². The van der Waals surface area contributed by atoms with Crippen molar-refractivity contribution in [3.63, 3.8) is 0 Å². The molecule has 0 nitrogen and oxygen atoms in total. The molecule has 0 fully saturated rings. The molecule has 0 aromatic heterocycles. The Balaban J connectivity index is 0. The summed E-state index contributed by atoms with van der Waals surface area (Å²) >= 11 is 0. The Bertz CT molecular complexity index is 10.8. The van der Waals surface area contributed by atoms with Gasteiger partial charge in [-0.05, 0) is 0 Å². The SMILES string of the molecule is [I-].[I-].[I-].[Na+].[Sc+3].[Th+4]. The van der Waals surface area contributed by atoms with Crippen LogP contribution in [-0.4, -0.2) is 0 Å². The monoisotopic (exact) mass is 681 g/mol. The molecule has 0 aliphatic rings. The Kier molecular flexibility index (Phi) is 223. The average molecular weight is 681 g/mol. The predicted molar refractivity (Wildman–Crippen MR) is 0 cm³/mol. The maximum absolute atomic E-state index is 0. The van der Waals surface area contributed by atoms with E-state index in [9.17, 15) is 0 Å². The molecule has 0 bridgehead atoms. The van der Waals surface area contributed by atoms with Crippen LogP contribution in [0.5, 0.6) is 0 Å². The van der Waals surface area contributed by atoms with E-state index in [1.165, 1.54) is 0 Å². The molecule has 0 spiro atoms. The normalized spacial score (nSPS) is 0. The van der Waals surface area contributed by atoms with Crippen LogP contribution in [0.1, 0.15) is 0 Å². The van der Waals surface area contributed by atoms with Gasteiger partial charge in [0.05, 0.1) is 0 Å². The van der Waals surface area contributed by atoms with Crippen LogP contribution in [0.15, 0.2) is 0 Å². The van der Waals surface area contributed by atoms with Crippen molar-refractivity contribution in [2.45, 2.75) is 0 Å². The Morgan fingerprint density at radius 1 is 0.667 bits per heavy atom. The summed E-state index contributed by atoms with van der Waals surface area (Å²) in [5.41, 5.74) is 0. The fourth-order valence-electron chi connectivity index (χ4n) is 0. The first-order chi connectivity index (χ1) is 0. The van der Waals surface area contributed by atoms with Gasteiger partial charge < -0.3 is 71.9 Å². The molecule has 0 aliphatic carbocycles. The van der Waals surface area contributed by atoms with E-state index in [2.05, 4.69) is 0 Å². The fraction of sp³-hybridized carbons (Fsp3) is 0. The van der Waals surface area contributed by atoms with E-state index in [0.29, 0.717) is 0 Å². The first-order valence-electron chi connectivity index (χ1n) is 0. The second kappa shape index (κ2) is 31.5. The van der Waals surface area contributed by atoms with Crippen LogP contribution in [-0.2, 0) is 25.8 Å². The molecule has 24 valence electrons. The first kappa shape index (κ1) is 42.3. The second-order valence-corrected chi connectivity index (χ2v) is 0. The number of rotatable bonds is 0. The third kappa shape index (κ3) is 22.8. The van der Waals surface area contributed by atoms with Crippen molar-refractivity contribution in [1.82, 2.24) is 0 Å². The number of hydrogen-bond acceptors (Lipinski definition) is 0. The number of halogens is 3. The molecule has 6 heteroatoms. The van der Waals surface area contributed by atoms with Crippen LogP contribution in [0.3, 0.4) is 0 Å². The van der Waals surface area contributed by atoms with Gasteiger partial charge in [0.25, 0.3) is 0 Å². The van der Waals surface area contributed by atoms with Gasteiger partial charge in [-0.1, -0.05) is 0 Å². The van der Waals surface area contributed by atoms with Gasteiger partial charge >= 0.3 is 95.3 Å². The molecule has 0 unspecified atom stereocenters. The van der Waals surface area contributed by atoms with Gasteiger partial charge in [-0.3, -0.25) is 0 Å². The third-order valence-electron chi connectivity index (χ3n) is 0. The molecule has 0 aromatic carbocycles. The molecule has 0 heterocycles. The molecule has 0 N–H and O–H groups in total.